The Morgan fingerprint density at radius 1 is 1.19 bits per heavy atom. The molecule has 1 unspecified atom stereocenters. The van der Waals surface area contributed by atoms with Crippen LogP contribution in [0.2, 0.25) is 0 Å². The molecule has 7 nitrogen and oxygen atoms in total. The number of methoxy groups -OCH3 is 1. The van der Waals surface area contributed by atoms with Gasteiger partial charge in [0.15, 0.2) is 0 Å². The lowest BCUT2D eigenvalue weighted by Gasteiger charge is -2.34. The molecule has 2 saturated heterocycles. The number of rotatable bonds is 6. The Kier molecular flexibility index (Phi) is 7.26. The minimum Gasteiger partial charge on any atom is -0.383 e. The van der Waals surface area contributed by atoms with Gasteiger partial charge in [0, 0.05) is 45.8 Å². The van der Waals surface area contributed by atoms with Gasteiger partial charge in [0.25, 0.3) is 5.56 Å². The highest BCUT2D eigenvalue weighted by Gasteiger charge is 2.25. The third-order valence-electron chi connectivity index (χ3n) is 5.67. The van der Waals surface area contributed by atoms with Crippen LogP contribution in [0.4, 0.5) is 5.69 Å². The molecule has 3 heterocycles. The second kappa shape index (κ2) is 9.88. The Morgan fingerprint density at radius 3 is 2.67 bits per heavy atom. The summed E-state index contributed by atoms with van der Waals surface area (Å²) >= 11 is 0. The fraction of sp³-hybridized carbons (Fsp3) is 0.750. The van der Waals surface area contributed by atoms with Crippen LogP contribution in [-0.4, -0.2) is 60.5 Å². The third-order valence-corrected chi connectivity index (χ3v) is 5.67. The fourth-order valence-corrected chi connectivity index (χ4v) is 4.10. The van der Waals surface area contributed by atoms with Crippen molar-refractivity contribution in [3.05, 3.63) is 22.6 Å². The second-order valence-corrected chi connectivity index (χ2v) is 7.72. The number of aromatic nitrogens is 2. The molecule has 27 heavy (non-hydrogen) atoms. The summed E-state index contributed by atoms with van der Waals surface area (Å²) in [6, 6.07) is 1.65. The van der Waals surface area contributed by atoms with Gasteiger partial charge < -0.3 is 14.5 Å². The van der Waals surface area contributed by atoms with E-state index in [9.17, 15) is 9.59 Å². The number of ether oxygens (including phenoxy) is 1. The van der Waals surface area contributed by atoms with E-state index in [1.165, 1.54) is 17.5 Å². The summed E-state index contributed by atoms with van der Waals surface area (Å²) in [5.74, 6) is 0.655. The Hall–Kier alpha value is -1.89. The summed E-state index contributed by atoms with van der Waals surface area (Å²) in [5, 5.41) is 4.27. The van der Waals surface area contributed by atoms with Gasteiger partial charge in [-0.05, 0) is 31.6 Å². The Balaban J connectivity index is 1.58. The average molecular weight is 377 g/mol. The molecule has 0 aliphatic carbocycles. The molecular formula is C20H32N4O3. The van der Waals surface area contributed by atoms with Crippen LogP contribution in [-0.2, 0) is 16.1 Å². The number of likely N-dealkylation sites (tertiary alicyclic amines) is 1. The quantitative estimate of drug-likeness (QED) is 0.759. The van der Waals surface area contributed by atoms with Crippen molar-refractivity contribution in [1.29, 1.82) is 0 Å². The van der Waals surface area contributed by atoms with E-state index in [0.29, 0.717) is 31.4 Å². The van der Waals surface area contributed by atoms with Crippen LogP contribution in [0.15, 0.2) is 17.1 Å². The molecule has 150 valence electrons. The fourth-order valence-electron chi connectivity index (χ4n) is 4.10. The lowest BCUT2D eigenvalue weighted by Crippen LogP contribution is -2.40. The van der Waals surface area contributed by atoms with Crippen molar-refractivity contribution in [3.63, 3.8) is 0 Å². The predicted molar refractivity (Wildman–Crippen MR) is 105 cm³/mol. The van der Waals surface area contributed by atoms with Crippen molar-refractivity contribution >= 4 is 11.6 Å². The molecule has 0 spiro atoms. The molecule has 3 rings (SSSR count). The maximum absolute atomic E-state index is 12.7. The standard InChI is InChI=1S/C20H32N4O3/c1-27-12-11-24-20(26)14-18(15-21-24)23-10-6-7-17(16-23)13-19(25)22-8-4-2-3-5-9-22/h14-15,17H,2-13,16H2,1H3. The average Bonchev–Trinajstić information content (AvgIpc) is 2.97. The third kappa shape index (κ3) is 5.54. The Bertz CT molecular complexity index is 667. The highest BCUT2D eigenvalue weighted by Crippen LogP contribution is 2.25. The smallest absolute Gasteiger partial charge is 0.268 e. The first-order valence-electron chi connectivity index (χ1n) is 10.3. The van der Waals surface area contributed by atoms with Gasteiger partial charge in [-0.3, -0.25) is 9.59 Å². The van der Waals surface area contributed by atoms with Crippen LogP contribution < -0.4 is 10.5 Å². The van der Waals surface area contributed by atoms with Gasteiger partial charge in [0.1, 0.15) is 0 Å². The number of nitrogens with zero attached hydrogens (tertiary/aromatic N) is 4. The van der Waals surface area contributed by atoms with E-state index in [2.05, 4.69) is 14.9 Å². The van der Waals surface area contributed by atoms with Crippen LogP contribution in [0.5, 0.6) is 0 Å². The summed E-state index contributed by atoms with van der Waals surface area (Å²) in [5.41, 5.74) is 0.757. The lowest BCUT2D eigenvalue weighted by atomic mass is 9.94. The lowest BCUT2D eigenvalue weighted by molar-refractivity contribution is -0.132. The van der Waals surface area contributed by atoms with Gasteiger partial charge >= 0.3 is 0 Å². The minimum absolute atomic E-state index is 0.104. The molecule has 2 fully saturated rings. The van der Waals surface area contributed by atoms with Crippen molar-refractivity contribution < 1.29 is 9.53 Å². The summed E-state index contributed by atoms with van der Waals surface area (Å²) in [6.45, 7) is 4.50. The zero-order valence-electron chi connectivity index (χ0n) is 16.4. The Labute approximate surface area is 161 Å². The largest absolute Gasteiger partial charge is 0.383 e. The molecule has 0 N–H and O–H groups in total. The van der Waals surface area contributed by atoms with E-state index in [4.69, 9.17) is 4.74 Å². The summed E-state index contributed by atoms with van der Waals surface area (Å²) in [7, 11) is 1.61. The number of hydrogen-bond acceptors (Lipinski definition) is 5. The van der Waals surface area contributed by atoms with Crippen LogP contribution in [0, 0.1) is 5.92 Å². The monoisotopic (exact) mass is 376 g/mol. The number of hydrogen-bond donors (Lipinski definition) is 0. The molecule has 0 aromatic carbocycles. The van der Waals surface area contributed by atoms with Crippen molar-refractivity contribution in [3.8, 4) is 0 Å². The van der Waals surface area contributed by atoms with Crippen LogP contribution in [0.3, 0.4) is 0 Å². The van der Waals surface area contributed by atoms with Gasteiger partial charge in [0.2, 0.25) is 5.91 Å². The maximum atomic E-state index is 12.7. The molecule has 2 aliphatic rings. The van der Waals surface area contributed by atoms with Gasteiger partial charge in [0.05, 0.1) is 25.0 Å². The molecule has 2 aliphatic heterocycles. The zero-order valence-corrected chi connectivity index (χ0v) is 16.4. The SMILES string of the molecule is COCCn1ncc(N2CCCC(CC(=O)N3CCCCCC3)C2)cc1=O. The number of carbonyl (C=O) groups excluding carboxylic acids is 1. The first-order chi connectivity index (χ1) is 13.2. The van der Waals surface area contributed by atoms with Gasteiger partial charge in [-0.1, -0.05) is 12.8 Å². The zero-order chi connectivity index (χ0) is 19.1. The normalized spacial score (nSPS) is 21.1. The summed E-state index contributed by atoms with van der Waals surface area (Å²) in [6.07, 6.45) is 9.25. The highest BCUT2D eigenvalue weighted by atomic mass is 16.5. The predicted octanol–water partition coefficient (Wildman–Crippen LogP) is 1.90. The maximum Gasteiger partial charge on any atom is 0.268 e. The molecule has 0 bridgehead atoms. The first-order valence-corrected chi connectivity index (χ1v) is 10.3. The van der Waals surface area contributed by atoms with Crippen molar-refractivity contribution in [2.75, 3.05) is 44.8 Å². The molecule has 0 radical (unpaired) electrons. The number of anilines is 1. The van der Waals surface area contributed by atoms with Crippen molar-refractivity contribution in [1.82, 2.24) is 14.7 Å². The number of piperidine rings is 1. The van der Waals surface area contributed by atoms with E-state index < -0.39 is 0 Å². The number of carbonyl (C=O) groups is 1. The molecule has 7 heteroatoms. The molecular weight excluding hydrogens is 344 g/mol. The van der Waals surface area contributed by atoms with Gasteiger partial charge in [-0.25, -0.2) is 4.68 Å². The van der Waals surface area contributed by atoms with E-state index in [1.54, 1.807) is 19.4 Å². The molecule has 0 saturated carbocycles. The van der Waals surface area contributed by atoms with E-state index in [0.717, 1.165) is 57.5 Å². The van der Waals surface area contributed by atoms with Crippen molar-refractivity contribution in [2.24, 2.45) is 5.92 Å². The first kappa shape index (κ1) is 19.9. The van der Waals surface area contributed by atoms with Gasteiger partial charge in [-0.15, -0.1) is 0 Å². The second-order valence-electron chi connectivity index (χ2n) is 7.72. The van der Waals surface area contributed by atoms with Crippen LogP contribution >= 0.6 is 0 Å². The molecule has 1 amide bonds. The number of amides is 1. The molecule has 1 aromatic rings. The molecule has 1 aromatic heterocycles. The highest BCUT2D eigenvalue weighted by molar-refractivity contribution is 5.76. The van der Waals surface area contributed by atoms with Crippen LogP contribution in [0.25, 0.3) is 0 Å². The topological polar surface area (TPSA) is 67.7 Å². The Morgan fingerprint density at radius 2 is 1.96 bits per heavy atom. The van der Waals surface area contributed by atoms with Crippen molar-refractivity contribution in [2.45, 2.75) is 51.5 Å². The van der Waals surface area contributed by atoms with E-state index in [-0.39, 0.29) is 5.56 Å². The van der Waals surface area contributed by atoms with E-state index >= 15 is 0 Å². The summed E-state index contributed by atoms with van der Waals surface area (Å²) in [4.78, 5) is 29.2. The molecule has 1 atom stereocenters. The minimum atomic E-state index is -0.104. The van der Waals surface area contributed by atoms with E-state index in [1.807, 2.05) is 0 Å². The summed E-state index contributed by atoms with van der Waals surface area (Å²) < 4.78 is 6.44. The van der Waals surface area contributed by atoms with Gasteiger partial charge in [-0.2, -0.15) is 5.10 Å². The van der Waals surface area contributed by atoms with Crippen LogP contribution in [0.1, 0.15) is 44.9 Å².